The van der Waals surface area contributed by atoms with Crippen molar-refractivity contribution in [3.63, 3.8) is 0 Å². The van der Waals surface area contributed by atoms with Crippen LogP contribution in [0.1, 0.15) is 0 Å². The average Bonchev–Trinajstić information content (AvgIpc) is 2.36. The Morgan fingerprint density at radius 1 is 1.17 bits per heavy atom. The largest absolute Gasteiger partial charge is 0.497 e. The highest BCUT2D eigenvalue weighted by Gasteiger charge is 2.13. The van der Waals surface area contributed by atoms with E-state index in [2.05, 4.69) is 25.9 Å². The Morgan fingerprint density at radius 2 is 1.83 bits per heavy atom. The molecule has 0 fully saturated rings. The molecule has 0 saturated carbocycles. The van der Waals surface area contributed by atoms with Gasteiger partial charge in [-0.25, -0.2) is 9.97 Å². The lowest BCUT2D eigenvalue weighted by Crippen LogP contribution is -1.92. The summed E-state index contributed by atoms with van der Waals surface area (Å²) in [6.45, 7) is 0. The molecule has 0 radical (unpaired) electrons. The first kappa shape index (κ1) is 13.4. The zero-order valence-corrected chi connectivity index (χ0v) is 12.3. The molecular weight excluding hydrogens is 343 g/mol. The minimum atomic E-state index is 0.143. The summed E-state index contributed by atoms with van der Waals surface area (Å²) < 4.78 is 11.4. The molecule has 0 saturated heterocycles. The molecule has 0 N–H and O–H groups in total. The van der Waals surface area contributed by atoms with Gasteiger partial charge in [0.25, 0.3) is 0 Å². The highest BCUT2D eigenvalue weighted by molar-refractivity contribution is 9.10. The van der Waals surface area contributed by atoms with Gasteiger partial charge in [-0.2, -0.15) is 0 Å². The van der Waals surface area contributed by atoms with Gasteiger partial charge < -0.3 is 9.47 Å². The lowest BCUT2D eigenvalue weighted by Gasteiger charge is -2.10. The van der Waals surface area contributed by atoms with Crippen LogP contribution in [-0.2, 0) is 0 Å². The fraction of sp³-hybridized carbons (Fsp3) is 0.0909. The summed E-state index contributed by atoms with van der Waals surface area (Å²) in [5, 5.41) is 0.287. The second-order valence-electron chi connectivity index (χ2n) is 3.18. The van der Waals surface area contributed by atoms with Crippen molar-refractivity contribution in [2.45, 2.75) is 0 Å². The molecule has 0 spiro atoms. The van der Waals surface area contributed by atoms with Crippen LogP contribution in [0.25, 0.3) is 0 Å². The molecule has 7 heteroatoms. The topological polar surface area (TPSA) is 44.2 Å². The number of ether oxygens (including phenoxy) is 2. The second-order valence-corrected chi connectivity index (χ2v) is 4.75. The van der Waals surface area contributed by atoms with Gasteiger partial charge >= 0.3 is 0 Å². The summed E-state index contributed by atoms with van der Waals surface area (Å²) in [5.74, 6) is 1.36. The van der Waals surface area contributed by atoms with Gasteiger partial charge in [0.15, 0.2) is 10.3 Å². The maximum atomic E-state index is 5.90. The fourth-order valence-corrected chi connectivity index (χ4v) is 1.94. The Labute approximate surface area is 122 Å². The van der Waals surface area contributed by atoms with E-state index in [1.54, 1.807) is 25.3 Å². The summed E-state index contributed by atoms with van der Waals surface area (Å²) in [7, 11) is 1.57. The van der Waals surface area contributed by atoms with Crippen molar-refractivity contribution in [1.82, 2.24) is 9.97 Å². The van der Waals surface area contributed by atoms with E-state index in [1.807, 2.05) is 0 Å². The molecule has 0 aliphatic carbocycles. The van der Waals surface area contributed by atoms with Crippen LogP contribution >= 0.6 is 39.1 Å². The van der Waals surface area contributed by atoms with Gasteiger partial charge in [0.05, 0.1) is 11.6 Å². The first-order valence-electron chi connectivity index (χ1n) is 4.79. The van der Waals surface area contributed by atoms with Crippen LogP contribution in [0.4, 0.5) is 0 Å². The van der Waals surface area contributed by atoms with E-state index in [9.17, 15) is 0 Å². The van der Waals surface area contributed by atoms with Crippen LogP contribution in [0.3, 0.4) is 0 Å². The number of halogens is 3. The van der Waals surface area contributed by atoms with Crippen LogP contribution in [0, 0.1) is 0 Å². The molecule has 94 valence electrons. The van der Waals surface area contributed by atoms with Crippen molar-refractivity contribution in [3.05, 3.63) is 39.3 Å². The van der Waals surface area contributed by atoms with Crippen LogP contribution in [0.5, 0.6) is 17.2 Å². The molecule has 0 aliphatic heterocycles. The molecule has 1 heterocycles. The molecule has 0 bridgehead atoms. The first-order valence-corrected chi connectivity index (χ1v) is 6.34. The zero-order chi connectivity index (χ0) is 13.1. The average molecular weight is 350 g/mol. The number of hydrogen-bond donors (Lipinski definition) is 0. The van der Waals surface area contributed by atoms with E-state index in [0.717, 1.165) is 4.47 Å². The Morgan fingerprint density at radius 3 is 2.44 bits per heavy atom. The minimum Gasteiger partial charge on any atom is -0.497 e. The van der Waals surface area contributed by atoms with Gasteiger partial charge in [0.1, 0.15) is 17.8 Å². The molecule has 1 aromatic carbocycles. The van der Waals surface area contributed by atoms with Gasteiger partial charge in [-0.1, -0.05) is 23.2 Å². The van der Waals surface area contributed by atoms with Crippen molar-refractivity contribution >= 4 is 39.1 Å². The van der Waals surface area contributed by atoms with Gasteiger partial charge in [0, 0.05) is 6.07 Å². The smallest absolute Gasteiger partial charge is 0.201 e. The standard InChI is InChI=1S/C11H7BrCl2N2O2/c1-17-6-2-3-7(12)8(4-6)18-9-10(13)15-5-16-11(9)14/h2-5H,1H3. The van der Waals surface area contributed by atoms with E-state index >= 15 is 0 Å². The zero-order valence-electron chi connectivity index (χ0n) is 9.15. The van der Waals surface area contributed by atoms with E-state index < -0.39 is 0 Å². The monoisotopic (exact) mass is 348 g/mol. The summed E-state index contributed by atoms with van der Waals surface area (Å²) in [5.41, 5.74) is 0. The molecule has 0 amide bonds. The number of rotatable bonds is 3. The van der Waals surface area contributed by atoms with Crippen molar-refractivity contribution in [2.75, 3.05) is 7.11 Å². The molecule has 0 unspecified atom stereocenters. The Balaban J connectivity index is 2.39. The van der Waals surface area contributed by atoms with Crippen molar-refractivity contribution in [2.24, 2.45) is 0 Å². The lowest BCUT2D eigenvalue weighted by atomic mass is 10.3. The molecule has 2 aromatic rings. The molecule has 18 heavy (non-hydrogen) atoms. The first-order chi connectivity index (χ1) is 8.61. The normalized spacial score (nSPS) is 10.2. The minimum absolute atomic E-state index is 0.143. The SMILES string of the molecule is COc1ccc(Br)c(Oc2c(Cl)ncnc2Cl)c1. The Hall–Kier alpha value is -1.04. The second kappa shape index (κ2) is 5.73. The Bertz CT molecular complexity index is 561. The number of methoxy groups -OCH3 is 1. The highest BCUT2D eigenvalue weighted by Crippen LogP contribution is 2.37. The Kier molecular flexibility index (Phi) is 4.27. The van der Waals surface area contributed by atoms with E-state index in [1.165, 1.54) is 6.33 Å². The fourth-order valence-electron chi connectivity index (χ4n) is 1.22. The third-order valence-electron chi connectivity index (χ3n) is 2.07. The molecule has 0 atom stereocenters. The highest BCUT2D eigenvalue weighted by atomic mass is 79.9. The summed E-state index contributed by atoms with van der Waals surface area (Å²) in [6, 6.07) is 5.28. The van der Waals surface area contributed by atoms with Gasteiger partial charge in [-0.05, 0) is 28.1 Å². The third kappa shape index (κ3) is 2.85. The summed E-state index contributed by atoms with van der Waals surface area (Å²) in [4.78, 5) is 7.61. The van der Waals surface area contributed by atoms with E-state index in [-0.39, 0.29) is 16.1 Å². The predicted octanol–water partition coefficient (Wildman–Crippen LogP) is 4.35. The van der Waals surface area contributed by atoms with Crippen LogP contribution in [-0.4, -0.2) is 17.1 Å². The van der Waals surface area contributed by atoms with Crippen molar-refractivity contribution < 1.29 is 9.47 Å². The van der Waals surface area contributed by atoms with Gasteiger partial charge in [-0.15, -0.1) is 0 Å². The van der Waals surface area contributed by atoms with Gasteiger partial charge in [-0.3, -0.25) is 0 Å². The molecule has 2 rings (SSSR count). The maximum absolute atomic E-state index is 5.90. The maximum Gasteiger partial charge on any atom is 0.201 e. The molecule has 0 aliphatic rings. The van der Waals surface area contributed by atoms with Gasteiger partial charge in [0.2, 0.25) is 5.75 Å². The number of hydrogen-bond acceptors (Lipinski definition) is 4. The molecule has 1 aromatic heterocycles. The lowest BCUT2D eigenvalue weighted by molar-refractivity contribution is 0.408. The van der Waals surface area contributed by atoms with Crippen LogP contribution < -0.4 is 9.47 Å². The van der Waals surface area contributed by atoms with Crippen molar-refractivity contribution in [3.8, 4) is 17.2 Å². The van der Waals surface area contributed by atoms with Crippen LogP contribution in [0.15, 0.2) is 29.0 Å². The van der Waals surface area contributed by atoms with E-state index in [4.69, 9.17) is 32.7 Å². The third-order valence-corrected chi connectivity index (χ3v) is 3.26. The quantitative estimate of drug-likeness (QED) is 0.773. The number of aromatic nitrogens is 2. The molecular formula is C11H7BrCl2N2O2. The number of nitrogens with zero attached hydrogens (tertiary/aromatic N) is 2. The van der Waals surface area contributed by atoms with Crippen molar-refractivity contribution in [1.29, 1.82) is 0 Å². The number of benzene rings is 1. The molecule has 4 nitrogen and oxygen atoms in total. The predicted molar refractivity (Wildman–Crippen MR) is 72.8 cm³/mol. The summed E-state index contributed by atoms with van der Waals surface area (Å²) in [6.07, 6.45) is 1.26. The van der Waals surface area contributed by atoms with E-state index in [0.29, 0.717) is 11.5 Å². The summed E-state index contributed by atoms with van der Waals surface area (Å²) >= 11 is 15.2. The van der Waals surface area contributed by atoms with Crippen LogP contribution in [0.2, 0.25) is 10.3 Å².